The molecular formula is C58H68O16. The number of hydrogen-bond acceptors (Lipinski definition) is 16. The molecule has 0 aromatic heterocycles. The Morgan fingerprint density at radius 1 is 0.459 bits per heavy atom. The third-order valence-corrected chi connectivity index (χ3v) is 16.8. The van der Waals surface area contributed by atoms with Gasteiger partial charge in [-0.25, -0.2) is 0 Å². The first kappa shape index (κ1) is 51.6. The van der Waals surface area contributed by atoms with Crippen LogP contribution in [-0.2, 0) is 52.2 Å². The predicted molar refractivity (Wildman–Crippen MR) is 262 cm³/mol. The van der Waals surface area contributed by atoms with Crippen LogP contribution < -0.4 is 0 Å². The Kier molecular flexibility index (Phi) is 16.3. The molecule has 396 valence electrons. The van der Waals surface area contributed by atoms with Gasteiger partial charge in [0.1, 0.15) is 18.5 Å². The van der Waals surface area contributed by atoms with E-state index in [1.165, 1.54) is 0 Å². The molecule has 9 unspecified atom stereocenters. The molecule has 4 aromatic carbocycles. The Balaban J connectivity index is 0.000000106. The van der Waals surface area contributed by atoms with Crippen molar-refractivity contribution in [3.63, 3.8) is 0 Å². The molecule has 16 nitrogen and oxygen atoms in total. The summed E-state index contributed by atoms with van der Waals surface area (Å²) < 4.78 is 57.9. The third-order valence-electron chi connectivity index (χ3n) is 16.8. The summed E-state index contributed by atoms with van der Waals surface area (Å²) in [5.74, 6) is 0.542. The number of aliphatic hydroxyl groups excluding tert-OH is 5. The third kappa shape index (κ3) is 10.9. The fraction of sp³-hybridized carbons (Fsp3) is 0.534. The number of carbonyl (C=O) groups excluding carboxylic acids is 1. The molecular weight excluding hydrogens is 953 g/mol. The minimum Gasteiger partial charge on any atom is -0.498 e. The molecule has 74 heavy (non-hydrogen) atoms. The molecule has 4 aromatic rings. The van der Waals surface area contributed by atoms with Crippen molar-refractivity contribution < 1.29 is 77.7 Å². The zero-order chi connectivity index (χ0) is 50.7. The summed E-state index contributed by atoms with van der Waals surface area (Å²) in [7, 11) is 0. The van der Waals surface area contributed by atoms with Crippen molar-refractivity contribution in [3.8, 4) is 0 Å². The molecule has 0 radical (unpaired) electrons. The van der Waals surface area contributed by atoms with Crippen LogP contribution in [0.3, 0.4) is 0 Å². The average molecular weight is 1020 g/mol. The quantitative estimate of drug-likeness (QED) is 0.144. The lowest BCUT2D eigenvalue weighted by molar-refractivity contribution is -0.245. The normalized spacial score (nSPS) is 41.9. The Hall–Kier alpha value is -4.47. The van der Waals surface area contributed by atoms with Crippen LogP contribution in [0.15, 0.2) is 134 Å². The molecule has 4 saturated carbocycles. The lowest BCUT2D eigenvalue weighted by Crippen LogP contribution is -2.40. The second kappa shape index (κ2) is 23.4. The Bertz CT molecular complexity index is 2360. The van der Waals surface area contributed by atoms with Gasteiger partial charge in [-0.2, -0.15) is 0 Å². The van der Waals surface area contributed by atoms with Gasteiger partial charge in [-0.3, -0.25) is 0 Å². The van der Waals surface area contributed by atoms with Crippen molar-refractivity contribution >= 4 is 6.29 Å². The Morgan fingerprint density at radius 3 is 1.38 bits per heavy atom. The molecule has 6 heterocycles. The molecule has 5 saturated heterocycles. The van der Waals surface area contributed by atoms with Crippen molar-refractivity contribution in [1.29, 1.82) is 0 Å². The molecule has 16 heteroatoms. The summed E-state index contributed by atoms with van der Waals surface area (Å²) in [6.45, 7) is 2.28. The van der Waals surface area contributed by atoms with Crippen LogP contribution in [0.2, 0.25) is 0 Å². The fourth-order valence-electron chi connectivity index (χ4n) is 12.8. The second-order valence-corrected chi connectivity index (χ2v) is 21.0. The van der Waals surface area contributed by atoms with Gasteiger partial charge in [-0.05, 0) is 6.08 Å². The number of rotatable bonds is 6. The van der Waals surface area contributed by atoms with E-state index in [9.17, 15) is 30.3 Å². The van der Waals surface area contributed by atoms with Gasteiger partial charge in [0.15, 0.2) is 31.5 Å². The van der Waals surface area contributed by atoms with Gasteiger partial charge in [0.05, 0.1) is 75.4 Å². The maximum absolute atomic E-state index is 11.0. The van der Waals surface area contributed by atoms with E-state index in [1.54, 1.807) is 0 Å². The minimum atomic E-state index is -1.07. The van der Waals surface area contributed by atoms with E-state index < -0.39 is 24.6 Å². The molecule has 5 N–H and O–H groups in total. The smallest absolute Gasteiger partial charge is 0.184 e. The molecule has 0 spiro atoms. The monoisotopic (exact) mass is 1020 g/mol. The Morgan fingerprint density at radius 2 is 0.878 bits per heavy atom. The zero-order valence-electron chi connectivity index (χ0n) is 41.1. The Labute approximate surface area is 431 Å². The number of aliphatic hydroxyl groups is 5. The van der Waals surface area contributed by atoms with Crippen molar-refractivity contribution in [3.05, 3.63) is 156 Å². The summed E-state index contributed by atoms with van der Waals surface area (Å²) in [5.41, 5.74) is 4.08. The highest BCUT2D eigenvalue weighted by Crippen LogP contribution is 2.49. The van der Waals surface area contributed by atoms with Crippen molar-refractivity contribution in [2.24, 2.45) is 47.3 Å². The van der Waals surface area contributed by atoms with E-state index in [4.69, 9.17) is 47.4 Å². The first-order chi connectivity index (χ1) is 36.2. The summed E-state index contributed by atoms with van der Waals surface area (Å²) in [5, 5.41) is 48.6. The molecule has 9 fully saturated rings. The number of carbonyl (C=O) groups is 1. The predicted octanol–water partition coefficient (Wildman–Crippen LogP) is 5.85. The van der Waals surface area contributed by atoms with Gasteiger partial charge < -0.3 is 77.7 Å². The van der Waals surface area contributed by atoms with E-state index in [2.05, 4.69) is 18.2 Å². The second-order valence-electron chi connectivity index (χ2n) is 21.0. The van der Waals surface area contributed by atoms with Crippen LogP contribution in [0.5, 0.6) is 0 Å². The minimum absolute atomic E-state index is 0.00887. The SMILES string of the molecule is C1=CC2C(C[C@@H]3OC(c4ccccc4)OC[C@@H]23)O1.O=C[C@H]1[C@@H]2COC(c3ccccc3)O[C@H]2C[C@H]1O.OC1OC2C[C@@H]3OC(c4ccccc4)OC[C@H]3C2[C@@H]1O.OC[C@H]1[C@@H]2COC(c3ccccc3)O[C@H]2C[C@H]1O. The van der Waals surface area contributed by atoms with Crippen LogP contribution in [0.4, 0.5) is 0 Å². The molecule has 6 aliphatic heterocycles. The highest BCUT2D eigenvalue weighted by molar-refractivity contribution is 5.56. The van der Waals surface area contributed by atoms with E-state index in [-0.39, 0.29) is 97.8 Å². The maximum Gasteiger partial charge on any atom is 0.184 e. The lowest BCUT2D eigenvalue weighted by atomic mass is 9.90. The number of hydrogen-bond donors (Lipinski definition) is 5. The number of aldehydes is 1. The van der Waals surface area contributed by atoms with Crippen molar-refractivity contribution in [2.75, 3.05) is 33.0 Å². The van der Waals surface area contributed by atoms with E-state index in [0.717, 1.165) is 41.6 Å². The highest BCUT2D eigenvalue weighted by Gasteiger charge is 2.57. The van der Waals surface area contributed by atoms with Gasteiger partial charge in [0, 0.05) is 102 Å². The van der Waals surface area contributed by atoms with Crippen LogP contribution in [0.25, 0.3) is 0 Å². The maximum atomic E-state index is 11.0. The molecule has 14 rings (SSSR count). The van der Waals surface area contributed by atoms with Gasteiger partial charge in [0.2, 0.25) is 0 Å². The summed E-state index contributed by atoms with van der Waals surface area (Å²) >= 11 is 0. The fourth-order valence-corrected chi connectivity index (χ4v) is 12.8. The van der Waals surface area contributed by atoms with Crippen LogP contribution in [0.1, 0.15) is 73.1 Å². The average Bonchev–Trinajstić information content (AvgIpc) is 4.30. The van der Waals surface area contributed by atoms with Crippen LogP contribution in [-0.4, -0.2) is 126 Å². The number of ether oxygens (including phenoxy) is 10. The first-order valence-corrected chi connectivity index (χ1v) is 26.3. The van der Waals surface area contributed by atoms with E-state index in [1.807, 2.05) is 115 Å². The standard InChI is InChI=1S/C15H18O5.C15H16O3.C14H18O4.C14H16O4/c16-13-12-9-7-18-15(8-4-2-1-3-5-8)20-10(9)6-11(12)19-14(13)17;1-2-4-10(5-3-1)15-17-9-12-11-6-7-16-13(11)8-14(12)18-15;2*15-7-10-11-8-17-14(9-4-2-1-3-5-9)18-13(11)6-12(10)16/h1-5,9-17H,6-7H2;1-7,11-15H,8-9H2;1-5,10-16H,6-8H2;1-5,7,10-14,16H,6,8H2/t9-,10+,11?,12?,13+,14?,15?;11?,12-,13?,14-,15?;2*10-,11-,12+,13-,14?/m1000/s1. The van der Waals surface area contributed by atoms with Crippen LogP contribution >= 0.6 is 0 Å². The largest absolute Gasteiger partial charge is 0.498 e. The molecule has 22 atom stereocenters. The molecule has 4 aliphatic carbocycles. The number of benzene rings is 4. The molecule has 0 bridgehead atoms. The lowest BCUT2D eigenvalue weighted by Gasteiger charge is -2.35. The summed E-state index contributed by atoms with van der Waals surface area (Å²) in [6, 6.07) is 39.5. The van der Waals surface area contributed by atoms with Crippen molar-refractivity contribution in [1.82, 2.24) is 0 Å². The van der Waals surface area contributed by atoms with E-state index in [0.29, 0.717) is 57.0 Å². The molecule has 0 amide bonds. The zero-order valence-corrected chi connectivity index (χ0v) is 41.1. The van der Waals surface area contributed by atoms with Gasteiger partial charge in [-0.1, -0.05) is 121 Å². The van der Waals surface area contributed by atoms with Crippen molar-refractivity contribution in [2.45, 2.75) is 112 Å². The van der Waals surface area contributed by atoms with Gasteiger partial charge in [0.25, 0.3) is 0 Å². The summed E-state index contributed by atoms with van der Waals surface area (Å²) in [4.78, 5) is 11.0. The number of fused-ring (bicyclic) bond motifs is 8. The topological polar surface area (TPSA) is 211 Å². The highest BCUT2D eigenvalue weighted by atomic mass is 16.7. The summed E-state index contributed by atoms with van der Waals surface area (Å²) in [6.07, 6.45) is 3.66. The molecule has 10 aliphatic rings. The van der Waals surface area contributed by atoms with Gasteiger partial charge >= 0.3 is 0 Å². The van der Waals surface area contributed by atoms with E-state index >= 15 is 0 Å². The van der Waals surface area contributed by atoms with Crippen LogP contribution in [0, 0.1) is 47.3 Å². The van der Waals surface area contributed by atoms with Gasteiger partial charge in [-0.15, -0.1) is 0 Å². The first-order valence-electron chi connectivity index (χ1n) is 26.3.